The van der Waals surface area contributed by atoms with Crippen LogP contribution in [0.25, 0.3) is 11.3 Å². The van der Waals surface area contributed by atoms with Gasteiger partial charge < -0.3 is 14.6 Å². The van der Waals surface area contributed by atoms with Gasteiger partial charge in [0.2, 0.25) is 5.88 Å². The van der Waals surface area contributed by atoms with Crippen molar-refractivity contribution < 1.29 is 14.1 Å². The van der Waals surface area contributed by atoms with Crippen LogP contribution in [0.3, 0.4) is 0 Å². The molecule has 0 unspecified atom stereocenters. The van der Waals surface area contributed by atoms with Crippen LogP contribution in [-0.2, 0) is 11.2 Å². The molecule has 138 valence electrons. The highest BCUT2D eigenvalue weighted by molar-refractivity contribution is 6.30. The average Bonchev–Trinajstić information content (AvgIpc) is 3.11. The number of carbonyl (C=O) groups excluding carboxylic acids is 1. The Morgan fingerprint density at radius 1 is 1.26 bits per heavy atom. The van der Waals surface area contributed by atoms with Gasteiger partial charge in [0.15, 0.2) is 5.56 Å². The minimum absolute atomic E-state index is 0.0542. The first-order valence-corrected chi connectivity index (χ1v) is 9.23. The summed E-state index contributed by atoms with van der Waals surface area (Å²) in [7, 11) is 1.34. The number of carbonyl (C=O) groups is 1. The summed E-state index contributed by atoms with van der Waals surface area (Å²) in [6.07, 6.45) is 3.07. The maximum Gasteiger partial charge on any atom is 0.345 e. The van der Waals surface area contributed by atoms with E-state index in [2.05, 4.69) is 22.6 Å². The fourth-order valence-electron chi connectivity index (χ4n) is 3.58. The number of nitrogens with one attached hydrogen (secondary N) is 1. The Bertz CT molecular complexity index is 983. The Kier molecular flexibility index (Phi) is 4.86. The van der Waals surface area contributed by atoms with E-state index in [1.165, 1.54) is 18.2 Å². The van der Waals surface area contributed by atoms with Crippen molar-refractivity contribution in [2.75, 3.05) is 12.4 Å². The van der Waals surface area contributed by atoms with Crippen LogP contribution in [0.4, 0.5) is 5.88 Å². The van der Waals surface area contributed by atoms with E-state index in [1.54, 1.807) is 18.2 Å². The zero-order chi connectivity index (χ0) is 18.8. The average molecular weight is 383 g/mol. The predicted molar refractivity (Wildman–Crippen MR) is 104 cm³/mol. The Labute approximate surface area is 162 Å². The number of benzene rings is 2. The van der Waals surface area contributed by atoms with Crippen molar-refractivity contribution in [2.45, 2.75) is 25.3 Å². The van der Waals surface area contributed by atoms with E-state index in [9.17, 15) is 4.79 Å². The van der Waals surface area contributed by atoms with Crippen molar-refractivity contribution in [3.05, 3.63) is 70.2 Å². The molecule has 5 nitrogen and oxygen atoms in total. The molecule has 1 N–H and O–H groups in total. The number of hydrogen-bond acceptors (Lipinski definition) is 5. The third-order valence-electron chi connectivity index (χ3n) is 4.85. The lowest BCUT2D eigenvalue weighted by Crippen LogP contribution is -2.18. The molecule has 1 aliphatic carbocycles. The van der Waals surface area contributed by atoms with Crippen molar-refractivity contribution in [1.29, 1.82) is 0 Å². The summed E-state index contributed by atoms with van der Waals surface area (Å²) in [5, 5.41) is 8.04. The van der Waals surface area contributed by atoms with Gasteiger partial charge in [0.05, 0.1) is 13.2 Å². The summed E-state index contributed by atoms with van der Waals surface area (Å²) >= 11 is 6.09. The molecule has 0 aliphatic heterocycles. The molecule has 27 heavy (non-hydrogen) atoms. The van der Waals surface area contributed by atoms with E-state index in [-0.39, 0.29) is 11.6 Å². The molecule has 0 bridgehead atoms. The largest absolute Gasteiger partial charge is 0.465 e. The van der Waals surface area contributed by atoms with E-state index in [0.29, 0.717) is 22.2 Å². The lowest BCUT2D eigenvalue weighted by atomic mass is 9.87. The molecule has 1 atom stereocenters. The maximum atomic E-state index is 12.5. The van der Waals surface area contributed by atoms with Crippen LogP contribution in [0.2, 0.25) is 5.02 Å². The highest BCUT2D eigenvalue weighted by Crippen LogP contribution is 2.36. The van der Waals surface area contributed by atoms with E-state index >= 15 is 0 Å². The Morgan fingerprint density at radius 3 is 2.93 bits per heavy atom. The summed E-state index contributed by atoms with van der Waals surface area (Å²) in [6.45, 7) is 0. The lowest BCUT2D eigenvalue weighted by molar-refractivity contribution is 0.0602. The number of halogens is 1. The molecule has 1 heterocycles. The predicted octanol–water partition coefficient (Wildman–Crippen LogP) is 5.27. The Balaban J connectivity index is 1.73. The summed E-state index contributed by atoms with van der Waals surface area (Å²) in [6, 6.07) is 15.5. The van der Waals surface area contributed by atoms with Crippen LogP contribution < -0.4 is 5.32 Å². The minimum Gasteiger partial charge on any atom is -0.465 e. The number of aryl methyl sites for hydroxylation is 1. The number of hydrogen-bond donors (Lipinski definition) is 1. The number of aromatic nitrogens is 1. The van der Waals surface area contributed by atoms with E-state index in [1.807, 2.05) is 18.2 Å². The Morgan fingerprint density at radius 2 is 2.11 bits per heavy atom. The fraction of sp³-hybridized carbons (Fsp3) is 0.238. The Hall–Kier alpha value is -2.79. The third-order valence-corrected chi connectivity index (χ3v) is 5.09. The second kappa shape index (κ2) is 7.45. The number of methoxy groups -OCH3 is 1. The smallest absolute Gasteiger partial charge is 0.345 e. The molecule has 4 rings (SSSR count). The van der Waals surface area contributed by atoms with Gasteiger partial charge in [0, 0.05) is 10.6 Å². The van der Waals surface area contributed by atoms with Gasteiger partial charge in [-0.15, -0.1) is 0 Å². The van der Waals surface area contributed by atoms with Gasteiger partial charge in [-0.25, -0.2) is 4.79 Å². The second-order valence-electron chi connectivity index (χ2n) is 6.53. The SMILES string of the molecule is COC(=O)c1c(-c2cccc(Cl)c2)noc1N[C@@H]1CCCc2ccccc21. The zero-order valence-electron chi connectivity index (χ0n) is 14.9. The minimum atomic E-state index is -0.502. The highest BCUT2D eigenvalue weighted by atomic mass is 35.5. The summed E-state index contributed by atoms with van der Waals surface area (Å²) < 4.78 is 10.5. The molecular weight excluding hydrogens is 364 g/mol. The second-order valence-corrected chi connectivity index (χ2v) is 6.96. The van der Waals surface area contributed by atoms with Crippen LogP contribution >= 0.6 is 11.6 Å². The van der Waals surface area contributed by atoms with Crippen LogP contribution in [0.5, 0.6) is 0 Å². The molecular formula is C21H19ClN2O3. The van der Waals surface area contributed by atoms with Crippen LogP contribution in [0, 0.1) is 0 Å². The van der Waals surface area contributed by atoms with Gasteiger partial charge in [-0.2, -0.15) is 0 Å². The molecule has 1 aromatic heterocycles. The van der Waals surface area contributed by atoms with Crippen LogP contribution in [0.15, 0.2) is 53.1 Å². The molecule has 0 radical (unpaired) electrons. The van der Waals surface area contributed by atoms with Crippen LogP contribution in [0.1, 0.15) is 40.4 Å². The van der Waals surface area contributed by atoms with Gasteiger partial charge in [-0.05, 0) is 42.5 Å². The number of anilines is 1. The lowest BCUT2D eigenvalue weighted by Gasteiger charge is -2.26. The molecule has 6 heteroatoms. The van der Waals surface area contributed by atoms with Gasteiger partial charge in [0.25, 0.3) is 0 Å². The molecule has 0 amide bonds. The zero-order valence-corrected chi connectivity index (χ0v) is 15.6. The number of esters is 1. The number of fused-ring (bicyclic) bond motifs is 1. The molecule has 2 aromatic carbocycles. The summed E-state index contributed by atoms with van der Waals surface area (Å²) in [5.41, 5.74) is 3.93. The van der Waals surface area contributed by atoms with E-state index in [4.69, 9.17) is 20.9 Å². The first-order chi connectivity index (χ1) is 13.2. The molecule has 0 saturated carbocycles. The molecule has 3 aromatic rings. The van der Waals surface area contributed by atoms with E-state index in [0.717, 1.165) is 19.3 Å². The van der Waals surface area contributed by atoms with Gasteiger partial charge in [-0.1, -0.05) is 53.2 Å². The first kappa shape index (κ1) is 17.6. The van der Waals surface area contributed by atoms with Crippen molar-refractivity contribution in [3.8, 4) is 11.3 Å². The maximum absolute atomic E-state index is 12.5. The van der Waals surface area contributed by atoms with Crippen molar-refractivity contribution >= 4 is 23.5 Å². The topological polar surface area (TPSA) is 64.4 Å². The standard InChI is InChI=1S/C21H19ClN2O3/c1-26-21(25)18-19(14-8-4-9-15(22)12-14)24-27-20(18)23-17-11-5-7-13-6-2-3-10-16(13)17/h2-4,6,8-10,12,17,23H,5,7,11H2,1H3/t17-/m1/s1. The molecule has 0 fully saturated rings. The van der Waals surface area contributed by atoms with Crippen molar-refractivity contribution in [1.82, 2.24) is 5.16 Å². The van der Waals surface area contributed by atoms with Crippen molar-refractivity contribution in [2.24, 2.45) is 0 Å². The van der Waals surface area contributed by atoms with E-state index < -0.39 is 5.97 Å². The first-order valence-electron chi connectivity index (χ1n) is 8.85. The number of ether oxygens (including phenoxy) is 1. The fourth-order valence-corrected chi connectivity index (χ4v) is 3.77. The molecule has 0 saturated heterocycles. The highest BCUT2D eigenvalue weighted by Gasteiger charge is 2.28. The third kappa shape index (κ3) is 3.43. The van der Waals surface area contributed by atoms with Gasteiger partial charge in [0.1, 0.15) is 5.69 Å². The normalized spacial score (nSPS) is 15.9. The number of rotatable bonds is 4. The van der Waals surface area contributed by atoms with Crippen molar-refractivity contribution in [3.63, 3.8) is 0 Å². The summed E-state index contributed by atoms with van der Waals surface area (Å²) in [4.78, 5) is 12.5. The molecule has 1 aliphatic rings. The molecule has 0 spiro atoms. The van der Waals surface area contributed by atoms with Gasteiger partial charge in [-0.3, -0.25) is 0 Å². The summed E-state index contributed by atoms with van der Waals surface area (Å²) in [5.74, 6) is -0.184. The monoisotopic (exact) mass is 382 g/mol. The van der Waals surface area contributed by atoms with Gasteiger partial charge >= 0.3 is 5.97 Å². The number of nitrogens with zero attached hydrogens (tertiary/aromatic N) is 1. The quantitative estimate of drug-likeness (QED) is 0.622. The van der Waals surface area contributed by atoms with Crippen LogP contribution in [-0.4, -0.2) is 18.2 Å².